The summed E-state index contributed by atoms with van der Waals surface area (Å²) in [5.74, 6) is -0.899. The number of hydrogen-bond acceptors (Lipinski definition) is 9. The Bertz CT molecular complexity index is 1310. The number of methoxy groups -OCH3 is 3. The van der Waals surface area contributed by atoms with Gasteiger partial charge in [0.15, 0.2) is 11.5 Å². The second-order valence-corrected chi connectivity index (χ2v) is 7.59. The minimum Gasteiger partial charge on any atom is -0.497 e. The Morgan fingerprint density at radius 1 is 1.09 bits per heavy atom. The Morgan fingerprint density at radius 3 is 2.45 bits per heavy atom. The van der Waals surface area contributed by atoms with Gasteiger partial charge < -0.3 is 19.5 Å². The average Bonchev–Trinajstić information content (AvgIpc) is 2.83. The number of anilines is 1. The quantitative estimate of drug-likeness (QED) is 0.560. The van der Waals surface area contributed by atoms with Crippen molar-refractivity contribution in [2.45, 2.75) is 12.1 Å². The zero-order chi connectivity index (χ0) is 23.8. The average molecular weight is 471 g/mol. The number of hydrogen-bond donors (Lipinski definition) is 1. The maximum atomic E-state index is 13.1. The lowest BCUT2D eigenvalue weighted by Gasteiger charge is -2.38. The van der Waals surface area contributed by atoms with Gasteiger partial charge in [-0.3, -0.25) is 9.59 Å². The second kappa shape index (κ2) is 8.55. The van der Waals surface area contributed by atoms with Crippen LogP contribution in [0.5, 0.6) is 5.75 Å². The van der Waals surface area contributed by atoms with E-state index in [9.17, 15) is 14.4 Å². The van der Waals surface area contributed by atoms with Gasteiger partial charge in [0.1, 0.15) is 12.2 Å². The van der Waals surface area contributed by atoms with E-state index >= 15 is 0 Å². The molecule has 0 aliphatic carbocycles. The molecule has 0 saturated carbocycles. The molecule has 1 atom stereocenters. The number of nitrogens with one attached hydrogen (secondary N) is 1. The van der Waals surface area contributed by atoms with E-state index in [2.05, 4.69) is 15.4 Å². The summed E-state index contributed by atoms with van der Waals surface area (Å²) < 4.78 is 16.2. The molecule has 1 aliphatic rings. The highest BCUT2D eigenvalue weighted by Gasteiger charge is 2.50. The Balaban J connectivity index is 2.03. The summed E-state index contributed by atoms with van der Waals surface area (Å²) in [7, 11) is 3.90. The third-order valence-corrected chi connectivity index (χ3v) is 5.49. The van der Waals surface area contributed by atoms with E-state index in [0.717, 1.165) is 0 Å². The van der Waals surface area contributed by atoms with Gasteiger partial charge >= 0.3 is 11.9 Å². The Morgan fingerprint density at radius 2 is 1.82 bits per heavy atom. The van der Waals surface area contributed by atoms with Crippen LogP contribution in [-0.4, -0.2) is 48.0 Å². The molecule has 0 saturated heterocycles. The van der Waals surface area contributed by atoms with Gasteiger partial charge in [-0.15, -0.1) is 0 Å². The van der Waals surface area contributed by atoms with E-state index in [1.54, 1.807) is 42.5 Å². The van der Waals surface area contributed by atoms with E-state index in [1.165, 1.54) is 26.0 Å². The third-order valence-electron chi connectivity index (χ3n) is 5.25. The van der Waals surface area contributed by atoms with Crippen molar-refractivity contribution in [3.05, 3.63) is 57.8 Å². The van der Waals surface area contributed by atoms with Crippen LogP contribution in [0, 0.1) is 0 Å². The van der Waals surface area contributed by atoms with E-state index in [0.29, 0.717) is 27.6 Å². The molecule has 10 nitrogen and oxygen atoms in total. The van der Waals surface area contributed by atoms with E-state index in [4.69, 9.17) is 25.8 Å². The smallest absolute Gasteiger partial charge is 0.355 e. The first-order valence-corrected chi connectivity index (χ1v) is 10.1. The predicted octanol–water partition coefficient (Wildman–Crippen LogP) is 2.45. The van der Waals surface area contributed by atoms with Crippen molar-refractivity contribution in [1.29, 1.82) is 0 Å². The summed E-state index contributed by atoms with van der Waals surface area (Å²) in [6.07, 6.45) is -0.481. The summed E-state index contributed by atoms with van der Waals surface area (Å²) >= 11 is 6.17. The summed E-state index contributed by atoms with van der Waals surface area (Å²) in [6, 6.07) is 11.4. The number of benzene rings is 2. The Labute approximate surface area is 193 Å². The highest BCUT2D eigenvalue weighted by Crippen LogP contribution is 2.40. The zero-order valence-electron chi connectivity index (χ0n) is 17.9. The molecule has 0 spiro atoms. The molecule has 4 rings (SSSR count). The number of esters is 2. The lowest BCUT2D eigenvalue weighted by atomic mass is 9.99. The molecule has 3 aromatic rings. The van der Waals surface area contributed by atoms with E-state index in [-0.39, 0.29) is 11.5 Å². The van der Waals surface area contributed by atoms with Crippen molar-refractivity contribution < 1.29 is 23.8 Å². The number of rotatable bonds is 5. The lowest BCUT2D eigenvalue weighted by Crippen LogP contribution is -2.55. The number of ether oxygens (including phenoxy) is 3. The molecule has 1 aromatic heterocycles. The Kier molecular flexibility index (Phi) is 5.77. The van der Waals surface area contributed by atoms with Crippen LogP contribution in [0.15, 0.2) is 47.3 Å². The molecule has 0 unspecified atom stereocenters. The largest absolute Gasteiger partial charge is 0.497 e. The van der Waals surface area contributed by atoms with Gasteiger partial charge in [-0.2, -0.15) is 10.1 Å². The van der Waals surface area contributed by atoms with Crippen molar-refractivity contribution >= 4 is 29.2 Å². The molecule has 33 heavy (non-hydrogen) atoms. The predicted molar refractivity (Wildman–Crippen MR) is 119 cm³/mol. The molecular weight excluding hydrogens is 452 g/mol. The first-order chi connectivity index (χ1) is 15.8. The lowest BCUT2D eigenvalue weighted by molar-refractivity contribution is -0.157. The highest BCUT2D eigenvalue weighted by atomic mass is 35.5. The summed E-state index contributed by atoms with van der Waals surface area (Å²) in [6.45, 7) is 0. The van der Waals surface area contributed by atoms with E-state index < -0.39 is 29.6 Å². The molecule has 0 bridgehead atoms. The fraction of sp³-hybridized carbons (Fsp3) is 0.227. The van der Waals surface area contributed by atoms with Gasteiger partial charge in [-0.05, 0) is 42.5 Å². The second-order valence-electron chi connectivity index (χ2n) is 7.15. The van der Waals surface area contributed by atoms with Crippen LogP contribution in [0.4, 0.5) is 5.69 Å². The zero-order valence-corrected chi connectivity index (χ0v) is 18.7. The van der Waals surface area contributed by atoms with Crippen LogP contribution in [0.1, 0.15) is 6.42 Å². The minimum atomic E-state index is -1.86. The van der Waals surface area contributed by atoms with Crippen LogP contribution in [0.2, 0.25) is 5.02 Å². The maximum Gasteiger partial charge on any atom is 0.355 e. The van der Waals surface area contributed by atoms with E-state index in [1.807, 2.05) is 0 Å². The van der Waals surface area contributed by atoms with Crippen LogP contribution < -0.4 is 15.6 Å². The number of aromatic nitrogens is 3. The number of halogens is 1. The topological polar surface area (TPSA) is 122 Å². The van der Waals surface area contributed by atoms with Gasteiger partial charge in [-0.25, -0.2) is 9.48 Å². The first-order valence-electron chi connectivity index (χ1n) is 9.72. The van der Waals surface area contributed by atoms with Crippen molar-refractivity contribution in [2.24, 2.45) is 0 Å². The normalized spacial score (nSPS) is 16.1. The number of carbonyl (C=O) groups is 2. The molecule has 1 N–H and O–H groups in total. The standard InChI is InChI=1S/C22H19ClN4O6/c1-31-14-7-4-12(5-8-14)18-20(29)24-19-15-10-13(23)6-9-16(15)25-22(21(30)33-3,27(19)26-18)11-17(28)32-2/h4-10,25H,11H2,1-3H3/t22-/m0/s1. The summed E-state index contributed by atoms with van der Waals surface area (Å²) in [5.41, 5.74) is -1.24. The molecule has 2 aromatic carbocycles. The highest BCUT2D eigenvalue weighted by molar-refractivity contribution is 6.31. The fourth-order valence-electron chi connectivity index (χ4n) is 3.62. The molecular formula is C22H19ClN4O6. The SMILES string of the molecule is COC(=O)C[C@]1(C(=O)OC)Nc2ccc(Cl)cc2-c2nc(=O)c(-c3ccc(OC)cc3)nn21. The van der Waals surface area contributed by atoms with Gasteiger partial charge in [0.05, 0.1) is 21.3 Å². The van der Waals surface area contributed by atoms with Gasteiger partial charge in [0.25, 0.3) is 5.56 Å². The molecule has 1 aliphatic heterocycles. The number of fused-ring (bicyclic) bond motifs is 3. The molecule has 2 heterocycles. The molecule has 0 radical (unpaired) electrons. The molecule has 11 heteroatoms. The number of nitrogens with zero attached hydrogens (tertiary/aromatic N) is 3. The van der Waals surface area contributed by atoms with Gasteiger partial charge in [0, 0.05) is 21.8 Å². The number of carbonyl (C=O) groups excluding carboxylic acids is 2. The summed E-state index contributed by atoms with van der Waals surface area (Å²) in [4.78, 5) is 42.6. The van der Waals surface area contributed by atoms with Crippen molar-refractivity contribution in [2.75, 3.05) is 26.6 Å². The van der Waals surface area contributed by atoms with Gasteiger partial charge in [-0.1, -0.05) is 11.6 Å². The summed E-state index contributed by atoms with van der Waals surface area (Å²) in [5, 5.41) is 7.88. The first kappa shape index (κ1) is 22.3. The third kappa shape index (κ3) is 3.78. The van der Waals surface area contributed by atoms with Crippen LogP contribution >= 0.6 is 11.6 Å². The monoisotopic (exact) mass is 470 g/mol. The van der Waals surface area contributed by atoms with Crippen LogP contribution in [0.3, 0.4) is 0 Å². The van der Waals surface area contributed by atoms with Crippen LogP contribution in [-0.2, 0) is 24.7 Å². The minimum absolute atomic E-state index is 0.0353. The van der Waals surface area contributed by atoms with Gasteiger partial charge in [0.2, 0.25) is 5.66 Å². The Hall–Kier alpha value is -3.92. The molecule has 0 amide bonds. The molecule has 0 fully saturated rings. The van der Waals surface area contributed by atoms with Crippen molar-refractivity contribution in [3.63, 3.8) is 0 Å². The van der Waals surface area contributed by atoms with Crippen LogP contribution in [0.25, 0.3) is 22.6 Å². The van der Waals surface area contributed by atoms with Crippen molar-refractivity contribution in [1.82, 2.24) is 14.8 Å². The fourth-order valence-corrected chi connectivity index (χ4v) is 3.79. The maximum absolute atomic E-state index is 13.1. The van der Waals surface area contributed by atoms with Crippen molar-refractivity contribution in [3.8, 4) is 28.4 Å². The molecule has 170 valence electrons.